The van der Waals surface area contributed by atoms with Crippen molar-refractivity contribution in [1.29, 1.82) is 0 Å². The molecule has 2 aliphatic carbocycles. The molecule has 0 saturated carbocycles. The van der Waals surface area contributed by atoms with Gasteiger partial charge in [0, 0.05) is 22.9 Å². The molecule has 2 N–H and O–H groups in total. The van der Waals surface area contributed by atoms with E-state index in [1.54, 1.807) is 6.07 Å². The van der Waals surface area contributed by atoms with Gasteiger partial charge in [-0.2, -0.15) is 0 Å². The van der Waals surface area contributed by atoms with Crippen LogP contribution in [0.4, 0.5) is 0 Å². The molecular formula is C29H36NO6P. The van der Waals surface area contributed by atoms with Crippen molar-refractivity contribution in [2.45, 2.75) is 68.6 Å². The topological polar surface area (TPSA) is 88.5 Å². The number of hydrogen-bond acceptors (Lipinski definition) is 6. The maximum Gasteiger partial charge on any atom is 0.527 e. The van der Waals surface area contributed by atoms with Crippen LogP contribution < -0.4 is 9.26 Å². The van der Waals surface area contributed by atoms with Crippen molar-refractivity contribution < 1.29 is 28.3 Å². The quantitative estimate of drug-likeness (QED) is 0.262. The third-order valence-corrected chi connectivity index (χ3v) is 9.74. The van der Waals surface area contributed by atoms with Crippen molar-refractivity contribution in [2.24, 2.45) is 5.92 Å². The van der Waals surface area contributed by atoms with Crippen molar-refractivity contribution in [3.05, 3.63) is 71.3 Å². The summed E-state index contributed by atoms with van der Waals surface area (Å²) in [5.74, 6) is 0.944. The number of nitrogens with zero attached hydrogens (tertiary/aromatic N) is 1. The van der Waals surface area contributed by atoms with E-state index >= 15 is 0 Å². The van der Waals surface area contributed by atoms with E-state index in [0.29, 0.717) is 18.2 Å². The van der Waals surface area contributed by atoms with Gasteiger partial charge in [0.25, 0.3) is 0 Å². The second-order valence-corrected chi connectivity index (χ2v) is 12.3. The highest BCUT2D eigenvalue weighted by molar-refractivity contribution is 7.47. The van der Waals surface area contributed by atoms with E-state index in [1.807, 2.05) is 18.2 Å². The van der Waals surface area contributed by atoms with Gasteiger partial charge in [0.1, 0.15) is 12.2 Å². The highest BCUT2D eigenvalue weighted by Gasteiger charge is 2.64. The lowest BCUT2D eigenvalue weighted by molar-refractivity contribution is -0.0452. The number of piperidine rings is 1. The zero-order valence-electron chi connectivity index (χ0n) is 21.3. The van der Waals surface area contributed by atoms with E-state index in [-0.39, 0.29) is 23.7 Å². The molecule has 0 aromatic heterocycles. The molecule has 2 bridgehead atoms. The molecule has 0 radical (unpaired) electrons. The first-order valence-electron chi connectivity index (χ1n) is 13.5. The van der Waals surface area contributed by atoms with Gasteiger partial charge >= 0.3 is 7.82 Å². The first kappa shape index (κ1) is 25.1. The van der Waals surface area contributed by atoms with Crippen LogP contribution in [-0.2, 0) is 27.3 Å². The van der Waals surface area contributed by atoms with E-state index in [9.17, 15) is 14.6 Å². The van der Waals surface area contributed by atoms with Crippen LogP contribution in [0.25, 0.3) is 0 Å². The van der Waals surface area contributed by atoms with Crippen molar-refractivity contribution >= 4 is 7.82 Å². The van der Waals surface area contributed by atoms with Gasteiger partial charge in [-0.1, -0.05) is 61.4 Å². The van der Waals surface area contributed by atoms with Crippen LogP contribution in [0.2, 0.25) is 0 Å². The van der Waals surface area contributed by atoms with Gasteiger partial charge in [-0.05, 0) is 62.9 Å². The van der Waals surface area contributed by atoms with E-state index < -0.39 is 20.0 Å². The van der Waals surface area contributed by atoms with Crippen LogP contribution in [0, 0.1) is 5.92 Å². The number of phosphoric ester groups is 1. The minimum atomic E-state index is -4.32. The minimum absolute atomic E-state index is 0.158. The molecule has 1 saturated heterocycles. The Labute approximate surface area is 218 Å². The Morgan fingerprint density at radius 3 is 2.76 bits per heavy atom. The third-order valence-electron chi connectivity index (χ3n) is 8.81. The second kappa shape index (κ2) is 9.87. The van der Waals surface area contributed by atoms with Gasteiger partial charge in [-0.15, -0.1) is 0 Å². The van der Waals surface area contributed by atoms with Crippen molar-refractivity contribution in [3.63, 3.8) is 0 Å². The molecule has 37 heavy (non-hydrogen) atoms. The molecule has 6 atom stereocenters. The first-order valence-corrected chi connectivity index (χ1v) is 15.0. The number of likely N-dealkylation sites (N-methyl/N-ethyl adjacent to an activating group) is 1. The molecule has 6 rings (SSSR count). The van der Waals surface area contributed by atoms with Crippen molar-refractivity contribution in [1.82, 2.24) is 4.90 Å². The van der Waals surface area contributed by atoms with E-state index in [1.165, 1.54) is 11.1 Å². The standard InChI is InChI=1S/C29H36NO6P/c1-30-17-16-29-22-13-14-24(31)28(29)35-27-25(15-12-21(26(27)29)19-23(22)30)36-37(32,33)34-18-8-3-2-5-9-20-10-6-4-7-11-20/h4,6-7,10-15,22-24,28,31H,2-3,5,8-9,16-19H2,1H3,(H,32,33). The monoisotopic (exact) mass is 525 g/mol. The minimum Gasteiger partial charge on any atom is -0.482 e. The Kier molecular flexibility index (Phi) is 6.70. The molecule has 4 aliphatic rings. The number of benzene rings is 2. The molecular weight excluding hydrogens is 489 g/mol. The average Bonchev–Trinajstić information content (AvgIpc) is 3.24. The van der Waals surface area contributed by atoms with Gasteiger partial charge in [-0.3, -0.25) is 9.42 Å². The number of hydrogen-bond donors (Lipinski definition) is 2. The summed E-state index contributed by atoms with van der Waals surface area (Å²) in [5.41, 5.74) is 3.21. The lowest BCUT2D eigenvalue weighted by atomic mass is 9.53. The van der Waals surface area contributed by atoms with Crippen LogP contribution in [0.3, 0.4) is 0 Å². The zero-order valence-corrected chi connectivity index (χ0v) is 22.2. The summed E-state index contributed by atoms with van der Waals surface area (Å²) < 4.78 is 30.1. The summed E-state index contributed by atoms with van der Waals surface area (Å²) in [6.45, 7) is 1.07. The third kappa shape index (κ3) is 4.45. The fourth-order valence-corrected chi connectivity index (χ4v) is 7.86. The Bertz CT molecular complexity index is 1220. The van der Waals surface area contributed by atoms with Gasteiger partial charge in [0.15, 0.2) is 11.5 Å². The van der Waals surface area contributed by atoms with Crippen LogP contribution in [-0.4, -0.2) is 53.3 Å². The largest absolute Gasteiger partial charge is 0.527 e. The number of aliphatic hydroxyl groups is 1. The molecule has 2 heterocycles. The molecule has 1 fully saturated rings. The molecule has 198 valence electrons. The summed E-state index contributed by atoms with van der Waals surface area (Å²) in [6.07, 6.45) is 9.34. The lowest BCUT2D eigenvalue weighted by Crippen LogP contribution is -2.64. The molecule has 6 unspecified atom stereocenters. The fraction of sp³-hybridized carbons (Fsp3) is 0.517. The Morgan fingerprint density at radius 1 is 1.11 bits per heavy atom. The number of aliphatic hydroxyl groups excluding tert-OH is 1. The molecule has 1 spiro atoms. The first-order chi connectivity index (χ1) is 17.9. The normalized spacial score (nSPS) is 30.9. The van der Waals surface area contributed by atoms with Gasteiger partial charge in [-0.25, -0.2) is 4.57 Å². The van der Waals surface area contributed by atoms with Gasteiger partial charge < -0.3 is 19.3 Å². The maximum atomic E-state index is 12.8. The molecule has 7 nitrogen and oxygen atoms in total. The number of ether oxygens (including phenoxy) is 1. The maximum absolute atomic E-state index is 12.8. The van der Waals surface area contributed by atoms with Crippen LogP contribution in [0.1, 0.15) is 48.8 Å². The Hall–Kier alpha value is -2.15. The fourth-order valence-electron chi connectivity index (χ4n) is 7.06. The van der Waals surface area contributed by atoms with Gasteiger partial charge in [0.05, 0.1) is 6.61 Å². The summed E-state index contributed by atoms with van der Waals surface area (Å²) in [4.78, 5) is 12.9. The summed E-state index contributed by atoms with van der Waals surface area (Å²) in [5, 5.41) is 10.9. The number of phosphoric acid groups is 1. The van der Waals surface area contributed by atoms with Crippen molar-refractivity contribution in [3.8, 4) is 11.5 Å². The predicted molar refractivity (Wildman–Crippen MR) is 141 cm³/mol. The van der Waals surface area contributed by atoms with Crippen LogP contribution in [0.15, 0.2) is 54.6 Å². The van der Waals surface area contributed by atoms with Gasteiger partial charge in [0.2, 0.25) is 0 Å². The number of rotatable bonds is 10. The Morgan fingerprint density at radius 2 is 1.92 bits per heavy atom. The predicted octanol–water partition coefficient (Wildman–Crippen LogP) is 4.79. The highest BCUT2D eigenvalue weighted by Crippen LogP contribution is 2.63. The number of aryl methyl sites for hydroxylation is 1. The second-order valence-electron chi connectivity index (χ2n) is 11.0. The summed E-state index contributed by atoms with van der Waals surface area (Å²) >= 11 is 0. The molecule has 2 aromatic rings. The Balaban J connectivity index is 1.10. The molecule has 0 amide bonds. The van der Waals surface area contributed by atoms with E-state index in [4.69, 9.17) is 13.8 Å². The van der Waals surface area contributed by atoms with Crippen molar-refractivity contribution in [2.75, 3.05) is 20.2 Å². The number of unbranched alkanes of at least 4 members (excludes halogenated alkanes) is 3. The highest BCUT2D eigenvalue weighted by atomic mass is 31.2. The van der Waals surface area contributed by atoms with E-state index in [2.05, 4.69) is 42.3 Å². The van der Waals surface area contributed by atoms with Crippen LogP contribution in [0.5, 0.6) is 11.5 Å². The van der Waals surface area contributed by atoms with Crippen LogP contribution >= 0.6 is 7.82 Å². The SMILES string of the molecule is CN1CCC23c4c5ccc(OP(=O)(O)OCCCCCCc6ccccc6)c4OC2C(O)C=CC3C1C5. The summed E-state index contributed by atoms with van der Waals surface area (Å²) in [7, 11) is -2.16. The van der Waals surface area contributed by atoms with E-state index in [0.717, 1.165) is 50.6 Å². The summed E-state index contributed by atoms with van der Waals surface area (Å²) in [6, 6.07) is 14.4. The zero-order chi connectivity index (χ0) is 25.6. The number of likely N-dealkylation sites (tertiary alicyclic amines) is 1. The smallest absolute Gasteiger partial charge is 0.482 e. The molecule has 2 aromatic carbocycles. The molecule has 8 heteroatoms. The lowest BCUT2D eigenvalue weighted by Gasteiger charge is -2.56. The average molecular weight is 526 g/mol. The molecule has 2 aliphatic heterocycles.